The average molecular weight is 656 g/mol. The summed E-state index contributed by atoms with van der Waals surface area (Å²) in [5.41, 5.74) is 2.44. The van der Waals surface area contributed by atoms with Gasteiger partial charge in [0, 0.05) is 44.6 Å². The molecule has 0 radical (unpaired) electrons. The Kier molecular flexibility index (Phi) is 15.3. The zero-order valence-electron chi connectivity index (χ0n) is 23.6. The molecular weight excluding hydrogens is 625 g/mol. The zero-order chi connectivity index (χ0) is 34.6. The standard InChI is InChI=1S/C18H27N5.3C2HF3O2/c1-14(2)21(4)13-17-11-20-18-15(3)22(9-10-23(17)18)12-16-7-5-6-8-19-16;3*3-2(4,5)1(6)7/h5-8,11,14-15H,9-10,12-13H2,1-4H3;3*(H,6,7). The Bertz CT molecular complexity index is 1140. The van der Waals surface area contributed by atoms with E-state index in [1.807, 2.05) is 12.3 Å². The van der Waals surface area contributed by atoms with Gasteiger partial charge in [0.25, 0.3) is 0 Å². The van der Waals surface area contributed by atoms with E-state index < -0.39 is 36.4 Å². The van der Waals surface area contributed by atoms with Crippen LogP contribution in [0.15, 0.2) is 30.6 Å². The number of hydrogen-bond acceptors (Lipinski definition) is 7. The van der Waals surface area contributed by atoms with Crippen molar-refractivity contribution in [3.63, 3.8) is 0 Å². The number of carboxylic acids is 3. The summed E-state index contributed by atoms with van der Waals surface area (Å²) < 4.78 is 97.6. The van der Waals surface area contributed by atoms with Crippen LogP contribution in [-0.4, -0.2) is 95.7 Å². The first kappa shape index (κ1) is 40.1. The summed E-state index contributed by atoms with van der Waals surface area (Å²) in [5, 5.41) is 21.4. The monoisotopic (exact) mass is 655 g/mol. The Hall–Kier alpha value is -3.94. The lowest BCUT2D eigenvalue weighted by Crippen LogP contribution is -2.38. The number of aliphatic carboxylic acids is 3. The number of nitrogens with zero attached hydrogens (tertiary/aromatic N) is 5. The summed E-state index contributed by atoms with van der Waals surface area (Å²) in [4.78, 5) is 40.7. The summed E-state index contributed by atoms with van der Waals surface area (Å²) in [6.45, 7) is 10.6. The van der Waals surface area contributed by atoms with E-state index in [1.54, 1.807) is 0 Å². The van der Waals surface area contributed by atoms with E-state index in [-0.39, 0.29) is 0 Å². The molecule has 0 bridgehead atoms. The van der Waals surface area contributed by atoms with Crippen LogP contribution in [0.5, 0.6) is 0 Å². The number of fused-ring (bicyclic) bond motifs is 1. The van der Waals surface area contributed by atoms with Gasteiger partial charge in [0.2, 0.25) is 0 Å². The van der Waals surface area contributed by atoms with Gasteiger partial charge in [-0.25, -0.2) is 19.4 Å². The van der Waals surface area contributed by atoms with Crippen LogP contribution < -0.4 is 0 Å². The number of carboxylic acid groups (broad SMARTS) is 3. The lowest BCUT2D eigenvalue weighted by molar-refractivity contribution is -0.193. The van der Waals surface area contributed by atoms with E-state index in [1.165, 1.54) is 11.5 Å². The Labute approximate surface area is 244 Å². The normalized spacial score (nSPS) is 15.1. The number of imidazole rings is 1. The molecule has 0 saturated carbocycles. The highest BCUT2D eigenvalue weighted by atomic mass is 19.4. The Morgan fingerprint density at radius 1 is 0.886 bits per heavy atom. The first-order chi connectivity index (χ1) is 19.9. The van der Waals surface area contributed by atoms with Crippen LogP contribution in [0, 0.1) is 0 Å². The van der Waals surface area contributed by atoms with Crippen molar-refractivity contribution in [2.75, 3.05) is 13.6 Å². The predicted molar refractivity (Wildman–Crippen MR) is 133 cm³/mol. The maximum Gasteiger partial charge on any atom is 0.490 e. The van der Waals surface area contributed by atoms with E-state index in [0.29, 0.717) is 12.1 Å². The van der Waals surface area contributed by atoms with E-state index in [2.05, 4.69) is 65.5 Å². The molecule has 44 heavy (non-hydrogen) atoms. The van der Waals surface area contributed by atoms with Crippen LogP contribution >= 0.6 is 0 Å². The smallest absolute Gasteiger partial charge is 0.475 e. The van der Waals surface area contributed by atoms with Crippen molar-refractivity contribution in [1.29, 1.82) is 0 Å². The van der Waals surface area contributed by atoms with Crippen molar-refractivity contribution in [3.05, 3.63) is 47.8 Å². The molecule has 1 unspecified atom stereocenters. The second kappa shape index (κ2) is 16.8. The SMILES string of the molecule is CC(C)N(C)Cc1cnc2n1CCN(Cc1ccccn1)C2C.O=C(O)C(F)(F)F.O=C(O)C(F)(F)F.O=C(O)C(F)(F)F. The molecule has 1 aliphatic heterocycles. The summed E-state index contributed by atoms with van der Waals surface area (Å²) >= 11 is 0. The molecule has 3 N–H and O–H groups in total. The van der Waals surface area contributed by atoms with Gasteiger partial charge in [0.1, 0.15) is 5.82 Å². The molecular formula is C24H30F9N5O6. The van der Waals surface area contributed by atoms with Crippen molar-refractivity contribution in [2.24, 2.45) is 0 Å². The Balaban J connectivity index is 0.000000721. The minimum atomic E-state index is -5.08. The van der Waals surface area contributed by atoms with Crippen molar-refractivity contribution < 1.29 is 69.2 Å². The van der Waals surface area contributed by atoms with E-state index >= 15 is 0 Å². The average Bonchev–Trinajstić information content (AvgIpc) is 3.29. The second-order valence-electron chi connectivity index (χ2n) is 9.14. The third-order valence-electron chi connectivity index (χ3n) is 5.61. The van der Waals surface area contributed by atoms with Crippen molar-refractivity contribution in [2.45, 2.75) is 71.0 Å². The maximum absolute atomic E-state index is 10.6. The van der Waals surface area contributed by atoms with Gasteiger partial charge < -0.3 is 19.9 Å². The summed E-state index contributed by atoms with van der Waals surface area (Å²) in [5.74, 6) is -7.09. The highest BCUT2D eigenvalue weighted by Gasteiger charge is 2.39. The molecule has 250 valence electrons. The topological polar surface area (TPSA) is 149 Å². The Morgan fingerprint density at radius 3 is 1.70 bits per heavy atom. The van der Waals surface area contributed by atoms with Crippen LogP contribution in [0.2, 0.25) is 0 Å². The highest BCUT2D eigenvalue weighted by Crippen LogP contribution is 2.27. The van der Waals surface area contributed by atoms with Crippen LogP contribution in [-0.2, 0) is 34.0 Å². The van der Waals surface area contributed by atoms with Crippen molar-refractivity contribution >= 4 is 17.9 Å². The van der Waals surface area contributed by atoms with Gasteiger partial charge in [0.15, 0.2) is 0 Å². The molecule has 0 aromatic carbocycles. The van der Waals surface area contributed by atoms with E-state index in [0.717, 1.165) is 31.9 Å². The number of aromatic nitrogens is 3. The first-order valence-corrected chi connectivity index (χ1v) is 12.2. The van der Waals surface area contributed by atoms with Gasteiger partial charge in [0.05, 0.1) is 17.4 Å². The maximum atomic E-state index is 10.6. The van der Waals surface area contributed by atoms with E-state index in [4.69, 9.17) is 34.7 Å². The first-order valence-electron chi connectivity index (χ1n) is 12.2. The molecule has 2 aromatic rings. The summed E-state index contributed by atoms with van der Waals surface area (Å²) in [6.07, 6.45) is -11.3. The molecule has 20 heteroatoms. The molecule has 11 nitrogen and oxygen atoms in total. The van der Waals surface area contributed by atoms with Gasteiger partial charge in [-0.05, 0) is 40.0 Å². The Morgan fingerprint density at radius 2 is 1.34 bits per heavy atom. The van der Waals surface area contributed by atoms with Gasteiger partial charge in [-0.3, -0.25) is 14.8 Å². The van der Waals surface area contributed by atoms with Gasteiger partial charge in [-0.2, -0.15) is 39.5 Å². The molecule has 0 fully saturated rings. The van der Waals surface area contributed by atoms with Crippen LogP contribution in [0.3, 0.4) is 0 Å². The lowest BCUT2D eigenvalue weighted by Gasteiger charge is -2.34. The molecule has 1 aliphatic rings. The third kappa shape index (κ3) is 14.5. The number of halogens is 9. The predicted octanol–water partition coefficient (Wildman–Crippen LogP) is 4.60. The molecule has 0 aliphatic carbocycles. The van der Waals surface area contributed by atoms with E-state index in [9.17, 15) is 39.5 Å². The quantitative estimate of drug-likeness (QED) is 0.391. The number of hydrogen-bond donors (Lipinski definition) is 3. The van der Waals surface area contributed by atoms with Gasteiger partial charge in [-0.1, -0.05) is 6.07 Å². The molecule has 0 saturated heterocycles. The molecule has 1 atom stereocenters. The number of pyridine rings is 1. The van der Waals surface area contributed by atoms with Gasteiger partial charge in [-0.15, -0.1) is 0 Å². The van der Waals surface area contributed by atoms with Crippen LogP contribution in [0.1, 0.15) is 44.0 Å². The fraction of sp³-hybridized carbons (Fsp3) is 0.542. The van der Waals surface area contributed by atoms with Crippen LogP contribution in [0.25, 0.3) is 0 Å². The minimum Gasteiger partial charge on any atom is -0.475 e. The summed E-state index contributed by atoms with van der Waals surface area (Å²) in [7, 11) is 2.17. The molecule has 0 amide bonds. The number of carbonyl (C=O) groups is 3. The lowest BCUT2D eigenvalue weighted by atomic mass is 10.2. The number of alkyl halides is 9. The van der Waals surface area contributed by atoms with Crippen molar-refractivity contribution in [1.82, 2.24) is 24.3 Å². The fourth-order valence-corrected chi connectivity index (χ4v) is 3.08. The zero-order valence-corrected chi connectivity index (χ0v) is 23.6. The highest BCUT2D eigenvalue weighted by molar-refractivity contribution is 5.73. The minimum absolute atomic E-state index is 0.323. The molecule has 2 aromatic heterocycles. The largest absolute Gasteiger partial charge is 0.490 e. The summed E-state index contributed by atoms with van der Waals surface area (Å²) in [6, 6.07) is 6.98. The van der Waals surface area contributed by atoms with Crippen LogP contribution in [0.4, 0.5) is 39.5 Å². The third-order valence-corrected chi connectivity index (χ3v) is 5.61. The second-order valence-corrected chi connectivity index (χ2v) is 9.14. The van der Waals surface area contributed by atoms with Crippen molar-refractivity contribution in [3.8, 4) is 0 Å². The van der Waals surface area contributed by atoms with Gasteiger partial charge >= 0.3 is 36.4 Å². The number of rotatable bonds is 5. The molecule has 3 rings (SSSR count). The molecule has 3 heterocycles. The molecule has 0 spiro atoms. The fourth-order valence-electron chi connectivity index (χ4n) is 3.08.